The summed E-state index contributed by atoms with van der Waals surface area (Å²) in [4.78, 5) is 11.4. The monoisotopic (exact) mass is 300 g/mol. The highest BCUT2D eigenvalue weighted by atomic mass is 32.1. The number of hydrogen-bond donors (Lipinski definition) is 0. The fraction of sp³-hybridized carbons (Fsp3) is 0.0833. The first kappa shape index (κ1) is 12.7. The van der Waals surface area contributed by atoms with Crippen LogP contribution in [0.5, 0.6) is 0 Å². The minimum Gasteiger partial charge on any atom is -0.276 e. The number of nitrogens with zero attached hydrogens (tertiary/aromatic N) is 6. The predicted molar refractivity (Wildman–Crippen MR) is 81.1 cm³/mol. The molecule has 2 heterocycles. The molecule has 0 saturated carbocycles. The highest BCUT2D eigenvalue weighted by Gasteiger charge is 2.13. The molecule has 8 heteroatoms. The molecule has 1 aromatic carbocycles. The quantitative estimate of drug-likeness (QED) is 0.303. The van der Waals surface area contributed by atoms with E-state index in [1.165, 1.54) is 11.3 Å². The zero-order chi connectivity index (χ0) is 14.1. The van der Waals surface area contributed by atoms with Gasteiger partial charge in [-0.2, -0.15) is 0 Å². The Kier molecular flexibility index (Phi) is 3.19. The minimum atomic E-state index is 0.320. The lowest BCUT2D eigenvalue weighted by Crippen LogP contribution is -1.97. The van der Waals surface area contributed by atoms with E-state index in [4.69, 9.17) is 17.7 Å². The molecule has 0 fully saturated rings. The Morgan fingerprint density at radius 1 is 1.30 bits per heavy atom. The zero-order valence-corrected chi connectivity index (χ0v) is 12.0. The van der Waals surface area contributed by atoms with Crippen LogP contribution in [0, 0.1) is 10.9 Å². The number of azide groups is 1. The molecular weight excluding hydrogens is 292 g/mol. The Balaban J connectivity index is 2.43. The van der Waals surface area contributed by atoms with E-state index >= 15 is 0 Å². The van der Waals surface area contributed by atoms with Gasteiger partial charge in [0.15, 0.2) is 9.60 Å². The van der Waals surface area contributed by atoms with E-state index in [2.05, 4.69) is 20.0 Å². The average molecular weight is 300 g/mol. The van der Waals surface area contributed by atoms with Crippen LogP contribution in [0.4, 0.5) is 5.82 Å². The summed E-state index contributed by atoms with van der Waals surface area (Å²) in [6.45, 7) is 1.76. The van der Waals surface area contributed by atoms with Crippen LogP contribution in [0.2, 0.25) is 0 Å². The lowest BCUT2D eigenvalue weighted by Gasteiger charge is -2.04. The summed E-state index contributed by atoms with van der Waals surface area (Å²) in [5, 5.41) is 3.62. The Bertz CT molecular complexity index is 889. The van der Waals surface area contributed by atoms with Crippen molar-refractivity contribution >= 4 is 39.7 Å². The summed E-state index contributed by atoms with van der Waals surface area (Å²) in [7, 11) is 0. The third-order valence-corrected chi connectivity index (χ3v) is 4.04. The molecule has 2 aromatic heterocycles. The lowest BCUT2D eigenvalue weighted by atomic mass is 10.3. The van der Waals surface area contributed by atoms with Crippen molar-refractivity contribution in [1.29, 1.82) is 0 Å². The Hall–Kier alpha value is -2.28. The Morgan fingerprint density at radius 2 is 2.05 bits per heavy atom. The van der Waals surface area contributed by atoms with Crippen LogP contribution in [0.15, 0.2) is 35.4 Å². The maximum Gasteiger partial charge on any atom is 0.168 e. The van der Waals surface area contributed by atoms with Crippen LogP contribution in [0.3, 0.4) is 0 Å². The van der Waals surface area contributed by atoms with Gasteiger partial charge in [-0.1, -0.05) is 18.2 Å². The molecule has 0 aliphatic carbocycles. The predicted octanol–water partition coefficient (Wildman–Crippen LogP) is 4.46. The van der Waals surface area contributed by atoms with Crippen molar-refractivity contribution < 1.29 is 0 Å². The summed E-state index contributed by atoms with van der Waals surface area (Å²) >= 11 is 6.74. The summed E-state index contributed by atoms with van der Waals surface area (Å²) < 4.78 is 3.20. The first-order chi connectivity index (χ1) is 9.70. The minimum absolute atomic E-state index is 0.320. The number of thiazole rings is 1. The van der Waals surface area contributed by atoms with Crippen LogP contribution in [-0.4, -0.2) is 14.5 Å². The molecule has 0 unspecified atom stereocenters. The fourth-order valence-electron chi connectivity index (χ4n) is 1.91. The van der Waals surface area contributed by atoms with Crippen molar-refractivity contribution in [2.45, 2.75) is 6.92 Å². The second kappa shape index (κ2) is 5.01. The molecule has 6 nitrogen and oxygen atoms in total. The molecule has 0 atom stereocenters. The number of aryl methyl sites for hydroxylation is 1. The van der Waals surface area contributed by atoms with Gasteiger partial charge in [-0.15, -0.1) is 11.3 Å². The van der Waals surface area contributed by atoms with Gasteiger partial charge in [-0.3, -0.25) is 4.57 Å². The molecule has 0 bridgehead atoms. The van der Waals surface area contributed by atoms with Gasteiger partial charge in [0.2, 0.25) is 0 Å². The fourth-order valence-corrected chi connectivity index (χ4v) is 3.22. The molecule has 0 saturated heterocycles. The van der Waals surface area contributed by atoms with Gasteiger partial charge in [0.05, 0.1) is 0 Å². The maximum absolute atomic E-state index is 8.63. The molecule has 3 aromatic rings. The van der Waals surface area contributed by atoms with E-state index in [0.29, 0.717) is 25.9 Å². The summed E-state index contributed by atoms with van der Waals surface area (Å²) in [6.07, 6.45) is 0. The van der Waals surface area contributed by atoms with E-state index in [0.717, 1.165) is 5.69 Å². The highest BCUT2D eigenvalue weighted by Crippen LogP contribution is 2.31. The van der Waals surface area contributed by atoms with E-state index in [1.807, 2.05) is 34.9 Å². The first-order valence-corrected chi connectivity index (χ1v) is 6.94. The van der Waals surface area contributed by atoms with Gasteiger partial charge >= 0.3 is 0 Å². The van der Waals surface area contributed by atoms with Gasteiger partial charge < -0.3 is 0 Å². The standard InChI is InChI=1S/C12H8N6S2/c1-7-14-10(16-17-13)9-11(15-7)18(12(19)20-9)8-5-3-2-4-6-8/h2-6H,1H3. The second-order valence-electron chi connectivity index (χ2n) is 3.98. The third-order valence-electron chi connectivity index (χ3n) is 2.68. The van der Waals surface area contributed by atoms with Crippen LogP contribution < -0.4 is 0 Å². The average Bonchev–Trinajstić information content (AvgIpc) is 2.76. The van der Waals surface area contributed by atoms with Crippen molar-refractivity contribution in [3.63, 3.8) is 0 Å². The molecular formula is C12H8N6S2. The van der Waals surface area contributed by atoms with Crippen molar-refractivity contribution in [2.24, 2.45) is 5.11 Å². The molecule has 0 amide bonds. The topological polar surface area (TPSA) is 79.5 Å². The van der Waals surface area contributed by atoms with Gasteiger partial charge in [-0.05, 0) is 41.9 Å². The van der Waals surface area contributed by atoms with E-state index in [-0.39, 0.29) is 0 Å². The molecule has 0 aliphatic heterocycles. The van der Waals surface area contributed by atoms with Crippen LogP contribution in [-0.2, 0) is 0 Å². The SMILES string of the molecule is Cc1nc(N=[N+]=[N-])c2sc(=S)n(-c3ccccc3)c2n1. The third kappa shape index (κ3) is 2.05. The summed E-state index contributed by atoms with van der Waals surface area (Å²) in [5.41, 5.74) is 10.2. The number of hydrogen-bond acceptors (Lipinski definition) is 5. The van der Waals surface area contributed by atoms with Crippen molar-refractivity contribution in [3.05, 3.63) is 50.6 Å². The summed E-state index contributed by atoms with van der Waals surface area (Å²) in [6, 6.07) is 9.71. The van der Waals surface area contributed by atoms with E-state index in [1.54, 1.807) is 6.92 Å². The molecule has 0 radical (unpaired) electrons. The molecule has 0 spiro atoms. The normalized spacial score (nSPS) is 10.4. The van der Waals surface area contributed by atoms with Crippen molar-refractivity contribution in [1.82, 2.24) is 14.5 Å². The molecule has 98 valence electrons. The zero-order valence-electron chi connectivity index (χ0n) is 10.4. The number of aromatic nitrogens is 3. The smallest absolute Gasteiger partial charge is 0.168 e. The van der Waals surface area contributed by atoms with Gasteiger partial charge in [0.25, 0.3) is 0 Å². The largest absolute Gasteiger partial charge is 0.276 e. The highest BCUT2D eigenvalue weighted by molar-refractivity contribution is 7.73. The molecule has 3 rings (SSSR count). The summed E-state index contributed by atoms with van der Waals surface area (Å²) in [5.74, 6) is 0.859. The van der Waals surface area contributed by atoms with Gasteiger partial charge in [0.1, 0.15) is 16.3 Å². The first-order valence-electron chi connectivity index (χ1n) is 5.71. The van der Waals surface area contributed by atoms with Crippen LogP contribution >= 0.6 is 23.6 Å². The Labute approximate surface area is 123 Å². The van der Waals surface area contributed by atoms with Crippen molar-refractivity contribution in [3.8, 4) is 5.69 Å². The lowest BCUT2D eigenvalue weighted by molar-refractivity contribution is 1.02. The maximum atomic E-state index is 8.63. The molecule has 20 heavy (non-hydrogen) atoms. The van der Waals surface area contributed by atoms with E-state index < -0.39 is 0 Å². The van der Waals surface area contributed by atoms with Gasteiger partial charge in [0, 0.05) is 10.6 Å². The van der Waals surface area contributed by atoms with Gasteiger partial charge in [-0.25, -0.2) is 9.97 Å². The Morgan fingerprint density at radius 3 is 2.75 bits per heavy atom. The molecule has 0 N–H and O–H groups in total. The van der Waals surface area contributed by atoms with Crippen LogP contribution in [0.25, 0.3) is 26.5 Å². The van der Waals surface area contributed by atoms with Crippen molar-refractivity contribution in [2.75, 3.05) is 0 Å². The number of benzene rings is 1. The number of rotatable bonds is 2. The number of para-hydroxylation sites is 1. The second-order valence-corrected chi connectivity index (χ2v) is 5.62. The number of fused-ring (bicyclic) bond motifs is 1. The van der Waals surface area contributed by atoms with E-state index in [9.17, 15) is 0 Å². The van der Waals surface area contributed by atoms with Crippen LogP contribution in [0.1, 0.15) is 5.82 Å². The molecule has 0 aliphatic rings.